The van der Waals surface area contributed by atoms with Crippen LogP contribution in [-0.2, 0) is 0 Å². The van der Waals surface area contributed by atoms with E-state index in [1.54, 1.807) is 7.85 Å². The third-order valence-corrected chi connectivity index (χ3v) is 1.61. The number of aliphatic hydroxyl groups is 1. The van der Waals surface area contributed by atoms with E-state index in [9.17, 15) is 10.1 Å². The van der Waals surface area contributed by atoms with Gasteiger partial charge in [0.2, 0.25) is 5.82 Å². The van der Waals surface area contributed by atoms with E-state index in [4.69, 9.17) is 5.11 Å². The largest absolute Gasteiger partial charge is 0.395 e. The first-order valence-electron chi connectivity index (χ1n) is 4.11. The molecule has 1 rings (SSSR count). The van der Waals surface area contributed by atoms with Crippen molar-refractivity contribution in [2.45, 2.75) is 0 Å². The first-order chi connectivity index (χ1) is 6.65. The van der Waals surface area contributed by atoms with Crippen molar-refractivity contribution in [2.75, 3.05) is 18.5 Å². The molecule has 0 unspecified atom stereocenters. The minimum Gasteiger partial charge on any atom is -0.395 e. The van der Waals surface area contributed by atoms with Crippen LogP contribution in [0.5, 0.6) is 0 Å². The van der Waals surface area contributed by atoms with Gasteiger partial charge in [0.05, 0.1) is 11.5 Å². The molecular weight excluding hydrogens is 185 g/mol. The van der Waals surface area contributed by atoms with Gasteiger partial charge >= 0.3 is 5.69 Å². The Bertz CT molecular complexity index is 345. The van der Waals surface area contributed by atoms with Crippen molar-refractivity contribution in [1.82, 2.24) is 4.98 Å². The van der Waals surface area contributed by atoms with Crippen molar-refractivity contribution in [3.8, 4) is 0 Å². The standard InChI is InChI=1S/C7H10BN3O3/c8-5-3-6(11(13)14)7(10-4-5)9-1-2-12/h3-4,12H,1-2,8H2,(H,9,10). The molecule has 0 aromatic carbocycles. The van der Waals surface area contributed by atoms with Crippen LogP contribution >= 0.6 is 0 Å². The Morgan fingerprint density at radius 2 is 2.43 bits per heavy atom. The first-order valence-corrected chi connectivity index (χ1v) is 4.11. The molecule has 6 nitrogen and oxygen atoms in total. The highest BCUT2D eigenvalue weighted by Gasteiger charge is 2.14. The van der Waals surface area contributed by atoms with Crippen molar-refractivity contribution in [1.29, 1.82) is 0 Å². The average Bonchev–Trinajstić information content (AvgIpc) is 2.15. The third-order valence-electron chi connectivity index (χ3n) is 1.61. The lowest BCUT2D eigenvalue weighted by molar-refractivity contribution is -0.384. The summed E-state index contributed by atoms with van der Waals surface area (Å²) in [6, 6.07) is 1.44. The summed E-state index contributed by atoms with van der Waals surface area (Å²) >= 11 is 0. The van der Waals surface area contributed by atoms with E-state index in [-0.39, 0.29) is 24.7 Å². The fourth-order valence-electron chi connectivity index (χ4n) is 1.00. The van der Waals surface area contributed by atoms with Crippen molar-refractivity contribution < 1.29 is 10.0 Å². The Morgan fingerprint density at radius 1 is 1.71 bits per heavy atom. The maximum absolute atomic E-state index is 10.6. The Balaban J connectivity index is 2.96. The minimum absolute atomic E-state index is 0.0709. The minimum atomic E-state index is -0.500. The van der Waals surface area contributed by atoms with Crippen LogP contribution in [0.4, 0.5) is 11.5 Å². The second-order valence-electron chi connectivity index (χ2n) is 2.79. The first kappa shape index (κ1) is 10.5. The van der Waals surface area contributed by atoms with Gasteiger partial charge in [-0.15, -0.1) is 0 Å². The van der Waals surface area contributed by atoms with Crippen LogP contribution in [0.25, 0.3) is 0 Å². The molecule has 14 heavy (non-hydrogen) atoms. The number of anilines is 1. The van der Waals surface area contributed by atoms with Gasteiger partial charge in [-0.1, -0.05) is 5.46 Å². The molecule has 0 radical (unpaired) electrons. The molecule has 0 aliphatic rings. The zero-order valence-corrected chi connectivity index (χ0v) is 7.73. The molecule has 0 spiro atoms. The fraction of sp³-hybridized carbons (Fsp3) is 0.286. The molecule has 0 atom stereocenters. The smallest absolute Gasteiger partial charge is 0.310 e. The van der Waals surface area contributed by atoms with Gasteiger partial charge in [-0.2, -0.15) is 0 Å². The van der Waals surface area contributed by atoms with Crippen LogP contribution in [-0.4, -0.2) is 36.0 Å². The highest BCUT2D eigenvalue weighted by atomic mass is 16.6. The molecule has 7 heteroatoms. The Morgan fingerprint density at radius 3 is 3.00 bits per heavy atom. The number of nitro groups is 1. The number of nitrogens with zero attached hydrogens (tertiary/aromatic N) is 2. The molecule has 0 saturated carbocycles. The monoisotopic (exact) mass is 195 g/mol. The average molecular weight is 195 g/mol. The number of pyridine rings is 1. The summed E-state index contributed by atoms with van der Waals surface area (Å²) in [4.78, 5) is 14.0. The number of nitrogens with one attached hydrogen (secondary N) is 1. The van der Waals surface area contributed by atoms with Gasteiger partial charge in [0, 0.05) is 18.8 Å². The normalized spacial score (nSPS) is 9.79. The summed E-state index contributed by atoms with van der Waals surface area (Å²) in [7, 11) is 1.73. The number of aromatic nitrogens is 1. The molecular formula is C7H10BN3O3. The highest BCUT2D eigenvalue weighted by molar-refractivity contribution is 6.32. The Kier molecular flexibility index (Phi) is 3.41. The van der Waals surface area contributed by atoms with E-state index in [2.05, 4.69) is 10.3 Å². The predicted molar refractivity (Wildman–Crippen MR) is 54.6 cm³/mol. The predicted octanol–water partition coefficient (Wildman–Crippen LogP) is -1.35. The molecule has 0 amide bonds. The second kappa shape index (κ2) is 4.57. The Labute approximate surface area is 81.5 Å². The zero-order valence-electron chi connectivity index (χ0n) is 7.73. The van der Waals surface area contributed by atoms with Crippen LogP contribution in [0, 0.1) is 10.1 Å². The van der Waals surface area contributed by atoms with E-state index in [0.29, 0.717) is 0 Å². The van der Waals surface area contributed by atoms with Crippen molar-refractivity contribution in [3.05, 3.63) is 22.4 Å². The van der Waals surface area contributed by atoms with E-state index < -0.39 is 4.92 Å². The van der Waals surface area contributed by atoms with Gasteiger partial charge in [0.25, 0.3) is 0 Å². The molecule has 0 aliphatic carbocycles. The van der Waals surface area contributed by atoms with E-state index in [1.807, 2.05) is 0 Å². The Hall–Kier alpha value is -1.63. The molecule has 2 N–H and O–H groups in total. The van der Waals surface area contributed by atoms with Gasteiger partial charge in [-0.05, 0) is 0 Å². The quantitative estimate of drug-likeness (QED) is 0.352. The highest BCUT2D eigenvalue weighted by Crippen LogP contribution is 2.18. The lowest BCUT2D eigenvalue weighted by atomic mass is 9.98. The van der Waals surface area contributed by atoms with Gasteiger partial charge in [-0.25, -0.2) is 4.98 Å². The number of aliphatic hydroxyl groups excluding tert-OH is 1. The van der Waals surface area contributed by atoms with Gasteiger partial charge in [0.15, 0.2) is 0 Å². The molecule has 1 aromatic heterocycles. The maximum Gasteiger partial charge on any atom is 0.310 e. The summed E-state index contributed by atoms with van der Waals surface area (Å²) in [5, 5.41) is 21.8. The SMILES string of the molecule is Bc1cnc(NCCO)c([N+](=O)[O-])c1. The molecule has 74 valence electrons. The van der Waals surface area contributed by atoms with Crippen LogP contribution < -0.4 is 10.8 Å². The van der Waals surface area contributed by atoms with Gasteiger partial charge < -0.3 is 10.4 Å². The summed E-state index contributed by atoms with van der Waals surface area (Å²) in [5.74, 6) is 0.189. The van der Waals surface area contributed by atoms with Crippen LogP contribution in [0.2, 0.25) is 0 Å². The lowest BCUT2D eigenvalue weighted by Gasteiger charge is -2.04. The maximum atomic E-state index is 10.6. The van der Waals surface area contributed by atoms with E-state index in [1.165, 1.54) is 12.3 Å². The van der Waals surface area contributed by atoms with E-state index >= 15 is 0 Å². The summed E-state index contributed by atoms with van der Waals surface area (Å²) in [6.45, 7) is 0.156. The van der Waals surface area contributed by atoms with Crippen LogP contribution in [0.1, 0.15) is 0 Å². The number of hydrogen-bond acceptors (Lipinski definition) is 5. The van der Waals surface area contributed by atoms with Crippen molar-refractivity contribution >= 4 is 24.8 Å². The molecule has 1 heterocycles. The summed E-state index contributed by atoms with van der Waals surface area (Å²) in [6.07, 6.45) is 1.53. The third kappa shape index (κ3) is 2.43. The van der Waals surface area contributed by atoms with Gasteiger partial charge in [-0.3, -0.25) is 10.1 Å². The topological polar surface area (TPSA) is 88.3 Å². The van der Waals surface area contributed by atoms with Crippen LogP contribution in [0.15, 0.2) is 12.3 Å². The van der Waals surface area contributed by atoms with Gasteiger partial charge in [0.1, 0.15) is 7.85 Å². The zero-order chi connectivity index (χ0) is 10.6. The lowest BCUT2D eigenvalue weighted by Crippen LogP contribution is -2.12. The molecule has 0 fully saturated rings. The fourth-order valence-corrected chi connectivity index (χ4v) is 1.00. The van der Waals surface area contributed by atoms with Crippen LogP contribution in [0.3, 0.4) is 0 Å². The molecule has 0 bridgehead atoms. The molecule has 1 aromatic rings. The van der Waals surface area contributed by atoms with Crippen molar-refractivity contribution in [3.63, 3.8) is 0 Å². The summed E-state index contributed by atoms with van der Waals surface area (Å²) in [5.41, 5.74) is 0.657. The molecule has 0 saturated heterocycles. The number of rotatable bonds is 4. The van der Waals surface area contributed by atoms with Crippen molar-refractivity contribution in [2.24, 2.45) is 0 Å². The second-order valence-corrected chi connectivity index (χ2v) is 2.79. The summed E-state index contributed by atoms with van der Waals surface area (Å²) < 4.78 is 0. The number of hydrogen-bond donors (Lipinski definition) is 2. The molecule has 0 aliphatic heterocycles. The van der Waals surface area contributed by atoms with E-state index in [0.717, 1.165) is 5.46 Å².